The summed E-state index contributed by atoms with van der Waals surface area (Å²) in [6.45, 7) is 1.63. The van der Waals surface area contributed by atoms with Gasteiger partial charge >= 0.3 is 0 Å². The van der Waals surface area contributed by atoms with E-state index in [1.807, 2.05) is 0 Å². The highest BCUT2D eigenvalue weighted by Crippen LogP contribution is 2.25. The lowest BCUT2D eigenvalue weighted by molar-refractivity contribution is 0.471. The minimum atomic E-state index is -0.920. The molecular formula is C11H7BrFNO3. The van der Waals surface area contributed by atoms with Crippen molar-refractivity contribution in [2.24, 2.45) is 0 Å². The van der Waals surface area contributed by atoms with Gasteiger partial charge in [-0.2, -0.15) is 0 Å². The first-order valence-corrected chi connectivity index (χ1v) is 5.46. The summed E-state index contributed by atoms with van der Waals surface area (Å²) in [6.07, 6.45) is 0. The van der Waals surface area contributed by atoms with Crippen LogP contribution in [0.2, 0.25) is 0 Å². The lowest BCUT2D eigenvalue weighted by atomic mass is 10.1. The van der Waals surface area contributed by atoms with Gasteiger partial charge in [0.2, 0.25) is 5.43 Å². The zero-order chi connectivity index (χ0) is 12.7. The first kappa shape index (κ1) is 11.8. The number of fused-ring (bicyclic) bond motifs is 1. The van der Waals surface area contributed by atoms with Crippen LogP contribution >= 0.6 is 15.9 Å². The number of H-pyrrole nitrogens is 1. The summed E-state index contributed by atoms with van der Waals surface area (Å²) in [5.41, 5.74) is -0.999. The van der Waals surface area contributed by atoms with Gasteiger partial charge in [-0.3, -0.25) is 9.59 Å². The number of hydrogen-bond donors (Lipinski definition) is 2. The van der Waals surface area contributed by atoms with Gasteiger partial charge in [0, 0.05) is 6.07 Å². The molecule has 0 aliphatic heterocycles. The smallest absolute Gasteiger partial charge is 0.252 e. The first-order chi connectivity index (χ1) is 7.91. The van der Waals surface area contributed by atoms with Gasteiger partial charge in [0.15, 0.2) is 11.6 Å². The van der Waals surface area contributed by atoms with E-state index in [9.17, 15) is 19.1 Å². The quantitative estimate of drug-likeness (QED) is 0.779. The van der Waals surface area contributed by atoms with Gasteiger partial charge in [0.25, 0.3) is 5.56 Å². The molecule has 17 heavy (non-hydrogen) atoms. The summed E-state index contributed by atoms with van der Waals surface area (Å²) in [7, 11) is 0. The van der Waals surface area contributed by atoms with E-state index in [0.717, 1.165) is 6.07 Å². The Morgan fingerprint density at radius 3 is 2.65 bits per heavy atom. The van der Waals surface area contributed by atoms with Gasteiger partial charge in [-0.1, -0.05) is 0 Å². The second kappa shape index (κ2) is 3.96. The summed E-state index contributed by atoms with van der Waals surface area (Å²) in [6, 6.07) is 2.19. The summed E-state index contributed by atoms with van der Waals surface area (Å²) >= 11 is 3.01. The van der Waals surface area contributed by atoms with Crippen LogP contribution in [0, 0.1) is 12.7 Å². The van der Waals surface area contributed by atoms with Crippen LogP contribution in [0.5, 0.6) is 5.75 Å². The van der Waals surface area contributed by atoms with Crippen LogP contribution in [0.4, 0.5) is 4.39 Å². The van der Waals surface area contributed by atoms with E-state index < -0.39 is 22.6 Å². The minimum absolute atomic E-state index is 0.0542. The van der Waals surface area contributed by atoms with Gasteiger partial charge < -0.3 is 10.1 Å². The van der Waals surface area contributed by atoms with Crippen LogP contribution in [0.3, 0.4) is 0 Å². The molecule has 0 radical (unpaired) electrons. The Hall–Kier alpha value is -1.69. The van der Waals surface area contributed by atoms with Crippen LogP contribution in [-0.4, -0.2) is 10.1 Å². The van der Waals surface area contributed by atoms with Crippen LogP contribution in [0.15, 0.2) is 26.2 Å². The molecule has 1 aromatic heterocycles. The molecule has 0 saturated heterocycles. The Kier molecular flexibility index (Phi) is 2.74. The van der Waals surface area contributed by atoms with Crippen molar-refractivity contribution in [3.05, 3.63) is 48.6 Å². The second-order valence-corrected chi connectivity index (χ2v) is 4.38. The Bertz CT molecular complexity index is 739. The normalized spacial score (nSPS) is 10.8. The zero-order valence-electron chi connectivity index (χ0n) is 8.67. The first-order valence-electron chi connectivity index (χ1n) is 4.66. The predicted molar refractivity (Wildman–Crippen MR) is 64.9 cm³/mol. The van der Waals surface area contributed by atoms with E-state index in [2.05, 4.69) is 20.9 Å². The Balaban J connectivity index is 3.22. The fourth-order valence-corrected chi connectivity index (χ4v) is 1.87. The fraction of sp³-hybridized carbons (Fsp3) is 0.0909. The molecule has 4 nitrogen and oxygen atoms in total. The van der Waals surface area contributed by atoms with Gasteiger partial charge in [-0.15, -0.1) is 0 Å². The molecule has 0 amide bonds. The molecule has 0 aliphatic rings. The largest absolute Gasteiger partial charge is 0.504 e. The average molecular weight is 300 g/mol. The van der Waals surface area contributed by atoms with E-state index in [1.165, 1.54) is 6.07 Å². The van der Waals surface area contributed by atoms with Crippen LogP contribution in [0.1, 0.15) is 5.56 Å². The van der Waals surface area contributed by atoms with Crippen molar-refractivity contribution in [3.8, 4) is 5.75 Å². The third kappa shape index (κ3) is 1.84. The number of aromatic amines is 1. The van der Waals surface area contributed by atoms with E-state index >= 15 is 0 Å². The highest BCUT2D eigenvalue weighted by Gasteiger charge is 2.13. The van der Waals surface area contributed by atoms with Gasteiger partial charge in [0.05, 0.1) is 15.4 Å². The number of benzene rings is 1. The van der Waals surface area contributed by atoms with E-state index in [-0.39, 0.29) is 15.4 Å². The number of hydrogen-bond acceptors (Lipinski definition) is 3. The number of aryl methyl sites for hydroxylation is 1. The highest BCUT2D eigenvalue weighted by molar-refractivity contribution is 9.10. The van der Waals surface area contributed by atoms with Crippen molar-refractivity contribution in [2.45, 2.75) is 6.92 Å². The van der Waals surface area contributed by atoms with Gasteiger partial charge in [0.1, 0.15) is 0 Å². The molecule has 0 aliphatic carbocycles. The molecule has 1 aromatic carbocycles. The second-order valence-electron chi connectivity index (χ2n) is 3.59. The molecule has 2 N–H and O–H groups in total. The topological polar surface area (TPSA) is 70.2 Å². The van der Waals surface area contributed by atoms with Crippen LogP contribution in [-0.2, 0) is 0 Å². The third-order valence-electron chi connectivity index (χ3n) is 2.37. The molecule has 0 fully saturated rings. The summed E-state index contributed by atoms with van der Waals surface area (Å²) in [4.78, 5) is 25.3. The summed E-state index contributed by atoms with van der Waals surface area (Å²) in [5, 5.41) is 8.98. The van der Waals surface area contributed by atoms with E-state index in [4.69, 9.17) is 0 Å². The maximum Gasteiger partial charge on any atom is 0.252 e. The number of nitrogens with one attached hydrogen (secondary N) is 1. The molecule has 2 rings (SSSR count). The van der Waals surface area contributed by atoms with Crippen LogP contribution < -0.4 is 11.0 Å². The van der Waals surface area contributed by atoms with E-state index in [0.29, 0.717) is 5.56 Å². The standard InChI is InChI=1S/C11H7BrFNO3/c1-4-2-5-8(10(13)9(4)12)11(17)6(15)3-7(16)14-5/h2-3H,1H3,(H,14,16)(H,15,17). The zero-order valence-corrected chi connectivity index (χ0v) is 10.3. The highest BCUT2D eigenvalue weighted by atomic mass is 79.9. The SMILES string of the molecule is Cc1cc2[nH]c(=O)cc(O)c(=O)c2c(F)c1Br. The molecule has 6 heteroatoms. The van der Waals surface area contributed by atoms with Crippen LogP contribution in [0.25, 0.3) is 10.9 Å². The summed E-state index contributed by atoms with van der Waals surface area (Å²) < 4.78 is 14.1. The summed E-state index contributed by atoms with van der Waals surface area (Å²) in [5.74, 6) is -1.58. The van der Waals surface area contributed by atoms with Crippen molar-refractivity contribution in [1.29, 1.82) is 0 Å². The maximum atomic E-state index is 13.9. The Morgan fingerprint density at radius 2 is 2.00 bits per heavy atom. The fourth-order valence-electron chi connectivity index (χ4n) is 1.56. The molecular weight excluding hydrogens is 293 g/mol. The van der Waals surface area contributed by atoms with Crippen molar-refractivity contribution in [2.75, 3.05) is 0 Å². The van der Waals surface area contributed by atoms with E-state index in [1.54, 1.807) is 6.92 Å². The molecule has 0 unspecified atom stereocenters. The molecule has 0 bridgehead atoms. The van der Waals surface area contributed by atoms with Gasteiger partial charge in [-0.25, -0.2) is 4.39 Å². The lowest BCUT2D eigenvalue weighted by Crippen LogP contribution is -2.01. The molecule has 2 aromatic rings. The van der Waals surface area contributed by atoms with Gasteiger partial charge in [-0.05, 0) is 34.5 Å². The molecule has 0 saturated carbocycles. The lowest BCUT2D eigenvalue weighted by Gasteiger charge is -2.01. The Morgan fingerprint density at radius 1 is 1.35 bits per heavy atom. The number of rotatable bonds is 0. The molecule has 1 heterocycles. The molecule has 0 spiro atoms. The Labute approximate surface area is 103 Å². The minimum Gasteiger partial charge on any atom is -0.504 e. The van der Waals surface area contributed by atoms with Crippen molar-refractivity contribution in [1.82, 2.24) is 4.98 Å². The number of aromatic hydroxyl groups is 1. The average Bonchev–Trinajstić information content (AvgIpc) is 2.34. The number of halogens is 2. The maximum absolute atomic E-state index is 13.9. The van der Waals surface area contributed by atoms with Crippen molar-refractivity contribution in [3.63, 3.8) is 0 Å². The monoisotopic (exact) mass is 299 g/mol. The van der Waals surface area contributed by atoms with Crippen molar-refractivity contribution >= 4 is 26.8 Å². The molecule has 88 valence electrons. The third-order valence-corrected chi connectivity index (χ3v) is 3.35. The predicted octanol–water partition coefficient (Wildman–Crippen LogP) is 1.80. The van der Waals surface area contributed by atoms with Crippen molar-refractivity contribution < 1.29 is 9.50 Å². The number of aromatic nitrogens is 1. The molecule has 0 atom stereocenters.